The van der Waals surface area contributed by atoms with E-state index < -0.39 is 10.0 Å². The molecule has 1 aliphatic rings. The molecule has 1 aromatic carbocycles. The summed E-state index contributed by atoms with van der Waals surface area (Å²) in [7, 11) is -3.34. The summed E-state index contributed by atoms with van der Waals surface area (Å²) >= 11 is 0. The second-order valence-corrected chi connectivity index (χ2v) is 9.27. The van der Waals surface area contributed by atoms with E-state index in [1.807, 2.05) is 42.5 Å². The maximum absolute atomic E-state index is 12.7. The molecule has 1 aliphatic heterocycles. The standard InChI is InChI=1S/C21H27N3O3S/c25-21(23-16-19-9-4-12-22-15-19)20-11-5-13-24(17-20)28(26,27)14-6-10-18-7-2-1-3-8-18/h1-4,7-9,12,15,20H,5-6,10-11,13-14,16-17H2,(H,23,25). The number of benzene rings is 1. The fourth-order valence-corrected chi connectivity index (χ4v) is 5.06. The van der Waals surface area contributed by atoms with Crippen molar-refractivity contribution in [2.75, 3.05) is 18.8 Å². The maximum Gasteiger partial charge on any atom is 0.224 e. The van der Waals surface area contributed by atoms with Crippen molar-refractivity contribution in [3.8, 4) is 0 Å². The number of nitrogens with zero attached hydrogens (tertiary/aromatic N) is 2. The molecule has 1 atom stereocenters. The molecule has 0 saturated carbocycles. The van der Waals surface area contributed by atoms with Crippen LogP contribution in [0.25, 0.3) is 0 Å². The molecule has 28 heavy (non-hydrogen) atoms. The summed E-state index contributed by atoms with van der Waals surface area (Å²) in [5.41, 5.74) is 2.07. The molecule has 1 aromatic heterocycles. The lowest BCUT2D eigenvalue weighted by atomic mass is 9.99. The summed E-state index contributed by atoms with van der Waals surface area (Å²) in [5, 5.41) is 2.90. The Hall–Kier alpha value is -2.25. The van der Waals surface area contributed by atoms with Crippen molar-refractivity contribution in [3.63, 3.8) is 0 Å². The SMILES string of the molecule is O=C(NCc1cccnc1)C1CCCN(S(=O)(=O)CCCc2ccccc2)C1. The molecule has 1 fully saturated rings. The zero-order valence-corrected chi connectivity index (χ0v) is 16.8. The fraction of sp³-hybridized carbons (Fsp3) is 0.429. The highest BCUT2D eigenvalue weighted by Crippen LogP contribution is 2.20. The highest BCUT2D eigenvalue weighted by molar-refractivity contribution is 7.89. The van der Waals surface area contributed by atoms with Gasteiger partial charge in [-0.3, -0.25) is 9.78 Å². The summed E-state index contributed by atoms with van der Waals surface area (Å²) < 4.78 is 26.9. The van der Waals surface area contributed by atoms with E-state index in [0.717, 1.165) is 24.0 Å². The number of sulfonamides is 1. The number of rotatable bonds is 8. The van der Waals surface area contributed by atoms with Crippen LogP contribution < -0.4 is 5.32 Å². The molecular formula is C21H27N3O3S. The summed E-state index contributed by atoms with van der Waals surface area (Å²) in [6.07, 6.45) is 6.15. The quantitative estimate of drug-likeness (QED) is 0.737. The predicted molar refractivity (Wildman–Crippen MR) is 109 cm³/mol. The van der Waals surface area contributed by atoms with Crippen LogP contribution in [0.3, 0.4) is 0 Å². The van der Waals surface area contributed by atoms with Gasteiger partial charge in [0.25, 0.3) is 0 Å². The van der Waals surface area contributed by atoms with E-state index in [0.29, 0.717) is 25.9 Å². The topological polar surface area (TPSA) is 79.4 Å². The van der Waals surface area contributed by atoms with E-state index in [2.05, 4.69) is 10.3 Å². The number of aromatic nitrogens is 1. The Morgan fingerprint density at radius 3 is 2.68 bits per heavy atom. The third-order valence-electron chi connectivity index (χ3n) is 5.05. The largest absolute Gasteiger partial charge is 0.352 e. The highest BCUT2D eigenvalue weighted by Gasteiger charge is 2.31. The number of pyridine rings is 1. The van der Waals surface area contributed by atoms with Gasteiger partial charge in [0.15, 0.2) is 0 Å². The van der Waals surface area contributed by atoms with Crippen LogP contribution in [0.15, 0.2) is 54.9 Å². The third-order valence-corrected chi connectivity index (χ3v) is 6.97. The minimum atomic E-state index is -3.34. The van der Waals surface area contributed by atoms with Crippen molar-refractivity contribution >= 4 is 15.9 Å². The van der Waals surface area contributed by atoms with Crippen molar-refractivity contribution in [3.05, 3.63) is 66.0 Å². The highest BCUT2D eigenvalue weighted by atomic mass is 32.2. The van der Waals surface area contributed by atoms with Gasteiger partial charge in [-0.15, -0.1) is 0 Å². The van der Waals surface area contributed by atoms with Crippen molar-refractivity contribution in [1.82, 2.24) is 14.6 Å². The van der Waals surface area contributed by atoms with Crippen LogP contribution in [0.1, 0.15) is 30.4 Å². The molecule has 6 nitrogen and oxygen atoms in total. The van der Waals surface area contributed by atoms with Crippen LogP contribution in [0, 0.1) is 5.92 Å². The molecule has 0 radical (unpaired) electrons. The van der Waals surface area contributed by atoms with Gasteiger partial charge in [0.2, 0.25) is 15.9 Å². The Bertz CT molecular complexity index is 857. The molecule has 2 heterocycles. The average Bonchev–Trinajstić information content (AvgIpc) is 2.73. The van der Waals surface area contributed by atoms with Crippen LogP contribution in [0.4, 0.5) is 0 Å². The van der Waals surface area contributed by atoms with Gasteiger partial charge in [-0.2, -0.15) is 0 Å². The number of piperidine rings is 1. The van der Waals surface area contributed by atoms with Gasteiger partial charge in [-0.25, -0.2) is 12.7 Å². The third kappa shape index (κ3) is 5.87. The first kappa shape index (κ1) is 20.5. The van der Waals surface area contributed by atoms with Gasteiger partial charge in [-0.05, 0) is 42.9 Å². The van der Waals surface area contributed by atoms with Crippen molar-refractivity contribution in [2.24, 2.45) is 5.92 Å². The van der Waals surface area contributed by atoms with Crippen molar-refractivity contribution in [2.45, 2.75) is 32.2 Å². The molecule has 0 spiro atoms. The average molecular weight is 402 g/mol. The minimum Gasteiger partial charge on any atom is -0.352 e. The first-order valence-corrected chi connectivity index (χ1v) is 11.3. The fourth-order valence-electron chi connectivity index (χ4n) is 3.48. The van der Waals surface area contributed by atoms with E-state index in [9.17, 15) is 13.2 Å². The van der Waals surface area contributed by atoms with Crippen LogP contribution in [-0.4, -0.2) is 42.5 Å². The van der Waals surface area contributed by atoms with E-state index in [1.54, 1.807) is 12.4 Å². The predicted octanol–water partition coefficient (Wildman–Crippen LogP) is 2.37. The van der Waals surface area contributed by atoms with E-state index in [4.69, 9.17) is 0 Å². The Morgan fingerprint density at radius 2 is 1.93 bits per heavy atom. The van der Waals surface area contributed by atoms with Crippen molar-refractivity contribution < 1.29 is 13.2 Å². The summed E-state index contributed by atoms with van der Waals surface area (Å²) in [4.78, 5) is 16.5. The molecule has 150 valence electrons. The number of aryl methyl sites for hydroxylation is 1. The monoisotopic (exact) mass is 401 g/mol. The summed E-state index contributed by atoms with van der Waals surface area (Å²) in [5.74, 6) is -0.270. The number of hydrogen-bond acceptors (Lipinski definition) is 4. The van der Waals surface area contributed by atoms with Crippen LogP contribution in [-0.2, 0) is 27.8 Å². The van der Waals surface area contributed by atoms with Gasteiger partial charge in [0.05, 0.1) is 11.7 Å². The first-order chi connectivity index (χ1) is 13.5. The van der Waals surface area contributed by atoms with Gasteiger partial charge in [0.1, 0.15) is 0 Å². The lowest BCUT2D eigenvalue weighted by molar-refractivity contribution is -0.126. The van der Waals surface area contributed by atoms with E-state index >= 15 is 0 Å². The van der Waals surface area contributed by atoms with Crippen LogP contribution in [0.2, 0.25) is 0 Å². The zero-order valence-electron chi connectivity index (χ0n) is 16.0. The molecule has 3 rings (SSSR count). The molecule has 1 N–H and O–H groups in total. The molecule has 7 heteroatoms. The Morgan fingerprint density at radius 1 is 1.14 bits per heavy atom. The second kappa shape index (κ2) is 9.80. The number of amides is 1. The van der Waals surface area contributed by atoms with E-state index in [-0.39, 0.29) is 24.1 Å². The molecule has 1 unspecified atom stereocenters. The Kier molecular flexibility index (Phi) is 7.17. The summed E-state index contributed by atoms with van der Waals surface area (Å²) in [6, 6.07) is 13.6. The molecule has 0 aliphatic carbocycles. The minimum absolute atomic E-state index is 0.0898. The number of hydrogen-bond donors (Lipinski definition) is 1. The lowest BCUT2D eigenvalue weighted by Crippen LogP contribution is -2.46. The molecule has 1 saturated heterocycles. The first-order valence-electron chi connectivity index (χ1n) is 9.73. The number of carbonyl (C=O) groups excluding carboxylic acids is 1. The lowest BCUT2D eigenvalue weighted by Gasteiger charge is -2.31. The second-order valence-electron chi connectivity index (χ2n) is 7.18. The Labute approximate surface area is 167 Å². The number of carbonyl (C=O) groups is 1. The summed E-state index contributed by atoms with van der Waals surface area (Å²) in [6.45, 7) is 1.18. The van der Waals surface area contributed by atoms with Gasteiger partial charge < -0.3 is 5.32 Å². The molecule has 0 bridgehead atoms. The van der Waals surface area contributed by atoms with Crippen LogP contribution in [0.5, 0.6) is 0 Å². The van der Waals surface area contributed by atoms with Gasteiger partial charge in [-0.1, -0.05) is 36.4 Å². The molecular weight excluding hydrogens is 374 g/mol. The van der Waals surface area contributed by atoms with E-state index in [1.165, 1.54) is 4.31 Å². The Balaban J connectivity index is 1.49. The maximum atomic E-state index is 12.7. The smallest absolute Gasteiger partial charge is 0.224 e. The van der Waals surface area contributed by atoms with Gasteiger partial charge >= 0.3 is 0 Å². The normalized spacial score (nSPS) is 17.9. The number of nitrogens with one attached hydrogen (secondary N) is 1. The zero-order chi connectivity index (χ0) is 19.8. The molecule has 2 aromatic rings. The molecule has 1 amide bonds. The van der Waals surface area contributed by atoms with Crippen LogP contribution >= 0.6 is 0 Å². The van der Waals surface area contributed by atoms with Crippen molar-refractivity contribution in [1.29, 1.82) is 0 Å². The van der Waals surface area contributed by atoms with Gasteiger partial charge in [0, 0.05) is 32.0 Å².